The maximum atomic E-state index is 12.0. The molecule has 0 spiro atoms. The van der Waals surface area contributed by atoms with Crippen LogP contribution in [0.15, 0.2) is 59.8 Å². The Labute approximate surface area is 153 Å². The van der Waals surface area contributed by atoms with Crippen molar-refractivity contribution in [2.24, 2.45) is 5.10 Å². The number of ether oxygens (including phenoxy) is 1. The number of rotatable bonds is 5. The second kappa shape index (κ2) is 7.44. The fraction of sp³-hybridized carbons (Fsp3) is 0.238. The van der Waals surface area contributed by atoms with E-state index in [4.69, 9.17) is 4.74 Å². The summed E-state index contributed by atoms with van der Waals surface area (Å²) in [6, 6.07) is 15.7. The van der Waals surface area contributed by atoms with Crippen LogP contribution in [0.5, 0.6) is 5.75 Å². The molecule has 3 rings (SSSR count). The molecule has 3 aromatic rings. The Morgan fingerprint density at radius 1 is 1.15 bits per heavy atom. The SMILES string of the molecule is CC(C)(C)c1ccccc1OCC(=O)N/N=C/c1c[nH]c2ccccc12. The number of H-pyrrole nitrogens is 1. The summed E-state index contributed by atoms with van der Waals surface area (Å²) in [4.78, 5) is 15.2. The number of para-hydroxylation sites is 2. The van der Waals surface area contributed by atoms with Gasteiger partial charge in [-0.3, -0.25) is 4.79 Å². The van der Waals surface area contributed by atoms with E-state index in [9.17, 15) is 4.79 Å². The summed E-state index contributed by atoms with van der Waals surface area (Å²) in [5.74, 6) is 0.417. The fourth-order valence-electron chi connectivity index (χ4n) is 2.76. The molecule has 0 fully saturated rings. The van der Waals surface area contributed by atoms with Crippen LogP contribution in [0, 0.1) is 0 Å². The molecule has 1 heterocycles. The molecule has 2 aromatic carbocycles. The minimum absolute atomic E-state index is 0.0550. The third-order valence-electron chi connectivity index (χ3n) is 4.07. The lowest BCUT2D eigenvalue weighted by atomic mass is 9.86. The number of nitrogens with one attached hydrogen (secondary N) is 2. The predicted molar refractivity (Wildman–Crippen MR) is 105 cm³/mol. The summed E-state index contributed by atoms with van der Waals surface area (Å²) < 4.78 is 5.69. The molecule has 0 aliphatic rings. The molecule has 5 heteroatoms. The number of carbonyl (C=O) groups is 1. The number of fused-ring (bicyclic) bond motifs is 1. The van der Waals surface area contributed by atoms with Crippen molar-refractivity contribution < 1.29 is 9.53 Å². The van der Waals surface area contributed by atoms with Crippen molar-refractivity contribution >= 4 is 23.0 Å². The number of carbonyl (C=O) groups excluding carboxylic acids is 1. The highest BCUT2D eigenvalue weighted by Gasteiger charge is 2.18. The average molecular weight is 349 g/mol. The van der Waals surface area contributed by atoms with Crippen LogP contribution in [-0.2, 0) is 10.2 Å². The van der Waals surface area contributed by atoms with E-state index in [-0.39, 0.29) is 17.9 Å². The lowest BCUT2D eigenvalue weighted by Gasteiger charge is -2.22. The second-order valence-corrected chi connectivity index (χ2v) is 7.12. The average Bonchev–Trinajstić information content (AvgIpc) is 3.03. The van der Waals surface area contributed by atoms with Crippen LogP contribution < -0.4 is 10.2 Å². The molecule has 1 amide bonds. The van der Waals surface area contributed by atoms with Gasteiger partial charge in [-0.25, -0.2) is 5.43 Å². The molecule has 0 aliphatic heterocycles. The molecule has 0 radical (unpaired) electrons. The normalized spacial score (nSPS) is 11.8. The summed E-state index contributed by atoms with van der Waals surface area (Å²) in [5.41, 5.74) is 5.46. The van der Waals surface area contributed by atoms with Gasteiger partial charge in [-0.05, 0) is 23.1 Å². The Balaban J connectivity index is 1.59. The van der Waals surface area contributed by atoms with Crippen LogP contribution in [0.25, 0.3) is 10.9 Å². The van der Waals surface area contributed by atoms with Gasteiger partial charge in [0.25, 0.3) is 5.91 Å². The lowest BCUT2D eigenvalue weighted by Crippen LogP contribution is -2.25. The van der Waals surface area contributed by atoms with Gasteiger partial charge < -0.3 is 9.72 Å². The number of benzene rings is 2. The van der Waals surface area contributed by atoms with Crippen LogP contribution in [0.4, 0.5) is 0 Å². The molecule has 0 unspecified atom stereocenters. The highest BCUT2D eigenvalue weighted by Crippen LogP contribution is 2.30. The highest BCUT2D eigenvalue weighted by atomic mass is 16.5. The van der Waals surface area contributed by atoms with Gasteiger partial charge in [0.1, 0.15) is 5.75 Å². The zero-order chi connectivity index (χ0) is 18.6. The molecule has 0 saturated carbocycles. The molecule has 0 atom stereocenters. The minimum atomic E-state index is -0.301. The third-order valence-corrected chi connectivity index (χ3v) is 4.07. The van der Waals surface area contributed by atoms with Gasteiger partial charge in [0.2, 0.25) is 0 Å². The van der Waals surface area contributed by atoms with Gasteiger partial charge in [0, 0.05) is 22.7 Å². The lowest BCUT2D eigenvalue weighted by molar-refractivity contribution is -0.123. The van der Waals surface area contributed by atoms with Gasteiger partial charge in [0.05, 0.1) is 6.21 Å². The summed E-state index contributed by atoms with van der Waals surface area (Å²) >= 11 is 0. The number of hydrazone groups is 1. The van der Waals surface area contributed by atoms with Crippen LogP contribution in [0.3, 0.4) is 0 Å². The maximum Gasteiger partial charge on any atom is 0.277 e. The van der Waals surface area contributed by atoms with Crippen molar-refractivity contribution in [3.8, 4) is 5.75 Å². The first kappa shape index (κ1) is 17.7. The van der Waals surface area contributed by atoms with E-state index in [1.807, 2.05) is 54.7 Å². The van der Waals surface area contributed by atoms with Crippen LogP contribution >= 0.6 is 0 Å². The van der Waals surface area contributed by atoms with Crippen molar-refractivity contribution in [3.63, 3.8) is 0 Å². The van der Waals surface area contributed by atoms with Gasteiger partial charge >= 0.3 is 0 Å². The number of aromatic nitrogens is 1. The highest BCUT2D eigenvalue weighted by molar-refractivity contribution is 5.99. The van der Waals surface area contributed by atoms with Gasteiger partial charge in [-0.2, -0.15) is 5.10 Å². The van der Waals surface area contributed by atoms with E-state index >= 15 is 0 Å². The maximum absolute atomic E-state index is 12.0. The molecule has 2 N–H and O–H groups in total. The number of hydrogen-bond acceptors (Lipinski definition) is 3. The van der Waals surface area contributed by atoms with Crippen LogP contribution in [0.1, 0.15) is 31.9 Å². The number of hydrogen-bond donors (Lipinski definition) is 2. The van der Waals surface area contributed by atoms with Crippen molar-refractivity contribution in [3.05, 3.63) is 65.9 Å². The number of amides is 1. The Morgan fingerprint density at radius 2 is 1.88 bits per heavy atom. The predicted octanol–water partition coefficient (Wildman–Crippen LogP) is 3.99. The Bertz CT molecular complexity index is 936. The summed E-state index contributed by atoms with van der Waals surface area (Å²) in [7, 11) is 0. The summed E-state index contributed by atoms with van der Waals surface area (Å²) in [5, 5.41) is 5.08. The molecule has 0 aliphatic carbocycles. The van der Waals surface area contributed by atoms with E-state index < -0.39 is 0 Å². The Morgan fingerprint density at radius 3 is 2.69 bits per heavy atom. The van der Waals surface area contributed by atoms with E-state index in [1.54, 1.807) is 6.21 Å². The van der Waals surface area contributed by atoms with Gasteiger partial charge in [-0.15, -0.1) is 0 Å². The third kappa shape index (κ3) is 4.11. The zero-order valence-corrected chi connectivity index (χ0v) is 15.2. The van der Waals surface area contributed by atoms with Crippen molar-refractivity contribution in [2.45, 2.75) is 26.2 Å². The summed E-state index contributed by atoms with van der Waals surface area (Å²) in [6.45, 7) is 6.25. The van der Waals surface area contributed by atoms with Crippen LogP contribution in [-0.4, -0.2) is 23.7 Å². The molecule has 134 valence electrons. The molecule has 0 bridgehead atoms. The van der Waals surface area contributed by atoms with E-state index in [1.165, 1.54) is 0 Å². The van der Waals surface area contributed by atoms with E-state index in [0.29, 0.717) is 0 Å². The second-order valence-electron chi connectivity index (χ2n) is 7.12. The topological polar surface area (TPSA) is 66.5 Å². The fourth-order valence-corrected chi connectivity index (χ4v) is 2.76. The standard InChI is InChI=1S/C21H23N3O2/c1-21(2,3)17-9-5-7-11-19(17)26-14-20(25)24-23-13-15-12-22-18-10-6-4-8-16(15)18/h4-13,22H,14H2,1-3H3,(H,24,25)/b23-13+. The zero-order valence-electron chi connectivity index (χ0n) is 15.2. The molecule has 0 saturated heterocycles. The van der Waals surface area contributed by atoms with Gasteiger partial charge in [0.15, 0.2) is 6.61 Å². The summed E-state index contributed by atoms with van der Waals surface area (Å²) in [6.07, 6.45) is 3.48. The largest absolute Gasteiger partial charge is 0.483 e. The smallest absolute Gasteiger partial charge is 0.277 e. The molecule has 26 heavy (non-hydrogen) atoms. The van der Waals surface area contributed by atoms with Crippen molar-refractivity contribution in [1.29, 1.82) is 0 Å². The Hall–Kier alpha value is -3.08. The number of aromatic amines is 1. The van der Waals surface area contributed by atoms with Crippen molar-refractivity contribution in [1.82, 2.24) is 10.4 Å². The van der Waals surface area contributed by atoms with E-state index in [0.717, 1.165) is 27.8 Å². The first-order chi connectivity index (χ1) is 12.4. The number of nitrogens with zero attached hydrogens (tertiary/aromatic N) is 1. The van der Waals surface area contributed by atoms with Crippen molar-refractivity contribution in [2.75, 3.05) is 6.61 Å². The molecule has 1 aromatic heterocycles. The molecule has 5 nitrogen and oxygen atoms in total. The van der Waals surface area contributed by atoms with E-state index in [2.05, 4.69) is 36.3 Å². The first-order valence-corrected chi connectivity index (χ1v) is 8.55. The quantitative estimate of drug-likeness (QED) is 0.540. The minimum Gasteiger partial charge on any atom is -0.483 e. The molecular formula is C21H23N3O2. The molecular weight excluding hydrogens is 326 g/mol. The van der Waals surface area contributed by atoms with Crippen LogP contribution in [0.2, 0.25) is 0 Å². The monoisotopic (exact) mass is 349 g/mol. The van der Waals surface area contributed by atoms with Gasteiger partial charge in [-0.1, -0.05) is 57.2 Å². The Kier molecular flexibility index (Phi) is 5.07. The first-order valence-electron chi connectivity index (χ1n) is 8.55.